The van der Waals surface area contributed by atoms with Gasteiger partial charge in [0.05, 0.1) is 24.1 Å². The van der Waals surface area contributed by atoms with Gasteiger partial charge in [0.2, 0.25) is 0 Å². The van der Waals surface area contributed by atoms with E-state index in [1.54, 1.807) is 24.0 Å². The lowest BCUT2D eigenvalue weighted by atomic mass is 10.1. The van der Waals surface area contributed by atoms with Crippen molar-refractivity contribution in [2.24, 2.45) is 0 Å². The summed E-state index contributed by atoms with van der Waals surface area (Å²) in [5, 5.41) is 20.2. The van der Waals surface area contributed by atoms with Crippen molar-refractivity contribution in [2.45, 2.75) is 32.4 Å². The van der Waals surface area contributed by atoms with E-state index in [0.29, 0.717) is 24.5 Å². The maximum atomic E-state index is 14.1. The predicted octanol–water partition coefficient (Wildman–Crippen LogP) is 5.61. The predicted molar refractivity (Wildman–Crippen MR) is 118 cm³/mol. The molecule has 1 aliphatic heterocycles. The Kier molecular flexibility index (Phi) is 6.95. The number of rotatable bonds is 4. The van der Waals surface area contributed by atoms with E-state index in [9.17, 15) is 9.18 Å². The Bertz CT molecular complexity index is 966. The summed E-state index contributed by atoms with van der Waals surface area (Å²) in [6.45, 7) is 2.37. The van der Waals surface area contributed by atoms with Gasteiger partial charge in [-0.1, -0.05) is 35.3 Å². The second kappa shape index (κ2) is 9.45. The molecule has 1 aliphatic rings. The number of urea groups is 1. The highest BCUT2D eigenvalue weighted by Crippen LogP contribution is 2.24. The van der Waals surface area contributed by atoms with Crippen LogP contribution in [0.3, 0.4) is 0 Å². The zero-order chi connectivity index (χ0) is 21.8. The number of hydrogen-bond acceptors (Lipinski definition) is 3. The van der Waals surface area contributed by atoms with Crippen LogP contribution in [0.15, 0.2) is 42.5 Å². The number of benzene rings is 2. The van der Waals surface area contributed by atoms with Crippen LogP contribution in [0.1, 0.15) is 25.3 Å². The fourth-order valence-corrected chi connectivity index (χ4v) is 3.69. The zero-order valence-corrected chi connectivity index (χ0v) is 17.9. The molecule has 2 aromatic carbocycles. The van der Waals surface area contributed by atoms with Crippen molar-refractivity contribution < 1.29 is 9.18 Å². The minimum Gasteiger partial charge on any atom is -0.314 e. The Morgan fingerprint density at radius 3 is 2.50 bits per heavy atom. The number of hydrogen-bond donors (Lipinski definition) is 3. The lowest BCUT2D eigenvalue weighted by Gasteiger charge is -2.32. The molecule has 0 radical (unpaired) electrons. The summed E-state index contributed by atoms with van der Waals surface area (Å²) in [4.78, 5) is 15.9. The minimum absolute atomic E-state index is 0.0304. The average Bonchev–Trinajstić information content (AvgIpc) is 3.19. The molecule has 1 saturated heterocycles. The number of halogens is 3. The fraction of sp³-hybridized carbons (Fsp3) is 0.286. The molecule has 30 heavy (non-hydrogen) atoms. The Morgan fingerprint density at radius 1 is 1.20 bits per heavy atom. The molecule has 1 atom stereocenters. The van der Waals surface area contributed by atoms with E-state index >= 15 is 0 Å². The van der Waals surface area contributed by atoms with Crippen LogP contribution in [-0.4, -0.2) is 40.1 Å². The van der Waals surface area contributed by atoms with Gasteiger partial charge in [0.1, 0.15) is 11.7 Å². The molecule has 1 heterocycles. The molecular formula is C21H22Cl2FN5O. The molecule has 0 unspecified atom stereocenters. The number of amides is 2. The van der Waals surface area contributed by atoms with Crippen molar-refractivity contribution in [3.05, 3.63) is 63.9 Å². The van der Waals surface area contributed by atoms with Crippen LogP contribution in [-0.2, 0) is 6.54 Å². The first-order valence-corrected chi connectivity index (χ1v) is 10.2. The summed E-state index contributed by atoms with van der Waals surface area (Å²) < 4.78 is 14.1. The SMILES string of the molecule is CC(=N)N(Cc1ccc(Cl)cc1)C(=N)[C@H]1CCCN1C(=O)Nc1ccc(Cl)cc1F. The number of likely N-dealkylation sites (tertiary alicyclic amines) is 1. The highest BCUT2D eigenvalue weighted by molar-refractivity contribution is 6.30. The summed E-state index contributed by atoms with van der Waals surface area (Å²) in [5.74, 6) is -0.269. The maximum Gasteiger partial charge on any atom is 0.322 e. The van der Waals surface area contributed by atoms with Gasteiger partial charge in [0.15, 0.2) is 0 Å². The molecule has 3 rings (SSSR count). The Labute approximate surface area is 184 Å². The van der Waals surface area contributed by atoms with Gasteiger partial charge in [-0.2, -0.15) is 0 Å². The van der Waals surface area contributed by atoms with Crippen LogP contribution in [0, 0.1) is 16.6 Å². The zero-order valence-electron chi connectivity index (χ0n) is 16.4. The quantitative estimate of drug-likeness (QED) is 0.418. The van der Waals surface area contributed by atoms with Gasteiger partial charge in [-0.3, -0.25) is 10.8 Å². The summed E-state index contributed by atoms with van der Waals surface area (Å²) in [6.07, 6.45) is 1.31. The lowest BCUT2D eigenvalue weighted by molar-refractivity contribution is 0.214. The third-order valence-electron chi connectivity index (χ3n) is 4.95. The Hall–Kier alpha value is -2.64. The largest absolute Gasteiger partial charge is 0.322 e. The van der Waals surface area contributed by atoms with Crippen LogP contribution in [0.25, 0.3) is 0 Å². The first-order valence-electron chi connectivity index (χ1n) is 9.44. The topological polar surface area (TPSA) is 83.3 Å². The van der Waals surface area contributed by atoms with E-state index in [1.165, 1.54) is 17.0 Å². The van der Waals surface area contributed by atoms with Gasteiger partial charge in [-0.25, -0.2) is 9.18 Å². The molecule has 0 aliphatic carbocycles. The molecule has 9 heteroatoms. The summed E-state index contributed by atoms with van der Waals surface area (Å²) in [6, 6.07) is 10.2. The van der Waals surface area contributed by atoms with Gasteiger partial charge in [0, 0.05) is 16.6 Å². The van der Waals surface area contributed by atoms with Crippen LogP contribution in [0.2, 0.25) is 10.0 Å². The van der Waals surface area contributed by atoms with Crippen LogP contribution < -0.4 is 5.32 Å². The molecule has 158 valence electrons. The molecule has 1 fully saturated rings. The number of amidine groups is 2. The lowest BCUT2D eigenvalue weighted by Crippen LogP contribution is -2.49. The first-order chi connectivity index (χ1) is 14.3. The molecule has 0 bridgehead atoms. The van der Waals surface area contributed by atoms with Crippen molar-refractivity contribution in [2.75, 3.05) is 11.9 Å². The maximum absolute atomic E-state index is 14.1. The van der Waals surface area contributed by atoms with E-state index in [4.69, 9.17) is 34.0 Å². The van der Waals surface area contributed by atoms with Gasteiger partial charge in [0.25, 0.3) is 0 Å². The van der Waals surface area contributed by atoms with Gasteiger partial charge in [-0.05, 0) is 55.7 Å². The second-order valence-electron chi connectivity index (χ2n) is 7.09. The molecule has 3 N–H and O–H groups in total. The van der Waals surface area contributed by atoms with E-state index in [-0.39, 0.29) is 22.4 Å². The van der Waals surface area contributed by atoms with E-state index in [0.717, 1.165) is 18.1 Å². The third kappa shape index (κ3) is 5.09. The van der Waals surface area contributed by atoms with Gasteiger partial charge >= 0.3 is 6.03 Å². The van der Waals surface area contributed by atoms with Crippen molar-refractivity contribution >= 4 is 46.6 Å². The first kappa shape index (κ1) is 22.1. The van der Waals surface area contributed by atoms with Gasteiger partial charge < -0.3 is 15.1 Å². The van der Waals surface area contributed by atoms with Gasteiger partial charge in [-0.15, -0.1) is 0 Å². The van der Waals surface area contributed by atoms with E-state index in [2.05, 4.69) is 5.32 Å². The number of anilines is 1. The molecule has 6 nitrogen and oxygen atoms in total. The second-order valence-corrected chi connectivity index (χ2v) is 7.96. The average molecular weight is 450 g/mol. The standard InChI is InChI=1S/C21H22Cl2FN5O/c1-13(25)29(12-14-4-6-15(22)7-5-14)20(26)19-3-2-10-28(19)21(30)27-18-9-8-16(23)11-17(18)24/h4-9,11,19,25-26H,2-3,10,12H2,1H3,(H,27,30)/t19-/m1/s1. The van der Waals surface area contributed by atoms with Crippen LogP contribution in [0.5, 0.6) is 0 Å². The van der Waals surface area contributed by atoms with Crippen molar-refractivity contribution in [3.8, 4) is 0 Å². The van der Waals surface area contributed by atoms with Crippen LogP contribution >= 0.6 is 23.2 Å². The Balaban J connectivity index is 1.74. The van der Waals surface area contributed by atoms with E-state index < -0.39 is 17.9 Å². The van der Waals surface area contributed by atoms with Crippen molar-refractivity contribution in [1.29, 1.82) is 10.8 Å². The monoisotopic (exact) mass is 449 g/mol. The number of nitrogens with one attached hydrogen (secondary N) is 3. The number of carbonyl (C=O) groups is 1. The summed E-state index contributed by atoms with van der Waals surface area (Å²) in [5.41, 5.74) is 0.927. The fourth-order valence-electron chi connectivity index (χ4n) is 3.41. The normalized spacial score (nSPS) is 15.7. The molecular weight excluding hydrogens is 428 g/mol. The highest BCUT2D eigenvalue weighted by atomic mass is 35.5. The molecule has 0 saturated carbocycles. The minimum atomic E-state index is -0.624. The Morgan fingerprint density at radius 2 is 1.87 bits per heavy atom. The van der Waals surface area contributed by atoms with E-state index in [1.807, 2.05) is 12.1 Å². The summed E-state index contributed by atoms with van der Waals surface area (Å²) in [7, 11) is 0. The number of nitrogens with zero attached hydrogens (tertiary/aromatic N) is 2. The molecule has 2 aromatic rings. The number of carbonyl (C=O) groups excluding carboxylic acids is 1. The molecule has 0 aromatic heterocycles. The van der Waals surface area contributed by atoms with Crippen LogP contribution in [0.4, 0.5) is 14.9 Å². The summed E-state index contributed by atoms with van der Waals surface area (Å²) >= 11 is 11.7. The third-order valence-corrected chi connectivity index (χ3v) is 5.44. The molecule has 2 amide bonds. The van der Waals surface area contributed by atoms with Crippen molar-refractivity contribution in [1.82, 2.24) is 9.80 Å². The molecule has 0 spiro atoms. The van der Waals surface area contributed by atoms with Crippen molar-refractivity contribution in [3.63, 3.8) is 0 Å². The highest BCUT2D eigenvalue weighted by Gasteiger charge is 2.35. The smallest absolute Gasteiger partial charge is 0.314 e.